The number of halogens is 1. The van der Waals surface area contributed by atoms with Gasteiger partial charge in [-0.1, -0.05) is 54.6 Å². The summed E-state index contributed by atoms with van der Waals surface area (Å²) in [5.41, 5.74) is 4.04. The molecule has 0 bridgehead atoms. The molecule has 5 rings (SSSR count). The van der Waals surface area contributed by atoms with E-state index in [1.165, 1.54) is 6.07 Å². The summed E-state index contributed by atoms with van der Waals surface area (Å²) in [6, 6.07) is 25.4. The van der Waals surface area contributed by atoms with Gasteiger partial charge in [0.25, 0.3) is 5.91 Å². The van der Waals surface area contributed by atoms with Gasteiger partial charge in [0.15, 0.2) is 0 Å². The highest BCUT2D eigenvalue weighted by molar-refractivity contribution is 5.97. The van der Waals surface area contributed by atoms with Gasteiger partial charge in [-0.05, 0) is 42.8 Å². The van der Waals surface area contributed by atoms with Crippen molar-refractivity contribution < 1.29 is 18.7 Å². The Morgan fingerprint density at radius 2 is 1.56 bits per heavy atom. The molecule has 1 fully saturated rings. The lowest BCUT2D eigenvalue weighted by atomic mass is 10.1. The van der Waals surface area contributed by atoms with E-state index in [1.54, 1.807) is 39.7 Å². The molecule has 200 valence electrons. The molecule has 1 aliphatic heterocycles. The molecule has 3 aromatic carbocycles. The maximum absolute atomic E-state index is 15.0. The fourth-order valence-corrected chi connectivity index (χ4v) is 4.93. The number of amides is 3. The van der Waals surface area contributed by atoms with Crippen LogP contribution in [-0.2, 0) is 6.54 Å². The molecule has 8 heteroatoms. The van der Waals surface area contributed by atoms with Gasteiger partial charge < -0.3 is 24.4 Å². The van der Waals surface area contributed by atoms with E-state index in [2.05, 4.69) is 5.32 Å². The van der Waals surface area contributed by atoms with E-state index in [9.17, 15) is 14.0 Å². The van der Waals surface area contributed by atoms with Gasteiger partial charge in [-0.25, -0.2) is 9.18 Å². The number of rotatable bonds is 6. The third kappa shape index (κ3) is 5.50. The Balaban J connectivity index is 1.36. The number of methoxy groups -OCH3 is 1. The third-order valence-corrected chi connectivity index (χ3v) is 7.08. The number of carbonyl (C=O) groups is 2. The summed E-state index contributed by atoms with van der Waals surface area (Å²) in [4.78, 5) is 29.9. The number of nitrogens with zero attached hydrogens (tertiary/aromatic N) is 3. The maximum atomic E-state index is 15.0. The van der Waals surface area contributed by atoms with Gasteiger partial charge in [-0.2, -0.15) is 0 Å². The predicted octanol–water partition coefficient (Wildman–Crippen LogP) is 5.27. The van der Waals surface area contributed by atoms with Crippen LogP contribution in [0.5, 0.6) is 5.75 Å². The van der Waals surface area contributed by atoms with Gasteiger partial charge in [0.1, 0.15) is 11.6 Å². The number of piperazine rings is 1. The molecular weight excluding hydrogens is 495 g/mol. The second-order valence-electron chi connectivity index (χ2n) is 9.47. The topological polar surface area (TPSA) is 66.8 Å². The Morgan fingerprint density at radius 1 is 0.872 bits per heavy atom. The zero-order valence-corrected chi connectivity index (χ0v) is 22.1. The molecule has 0 radical (unpaired) electrons. The summed E-state index contributed by atoms with van der Waals surface area (Å²) >= 11 is 0. The second-order valence-corrected chi connectivity index (χ2v) is 9.47. The molecule has 1 aromatic heterocycles. The van der Waals surface area contributed by atoms with Crippen LogP contribution in [0.3, 0.4) is 0 Å². The first-order valence-corrected chi connectivity index (χ1v) is 12.9. The van der Waals surface area contributed by atoms with Crippen molar-refractivity contribution in [1.82, 2.24) is 19.7 Å². The highest BCUT2D eigenvalue weighted by Crippen LogP contribution is 2.33. The minimum absolute atomic E-state index is 0.143. The molecule has 0 unspecified atom stereocenters. The van der Waals surface area contributed by atoms with Crippen LogP contribution in [0.1, 0.15) is 21.6 Å². The highest BCUT2D eigenvalue weighted by atomic mass is 19.1. The number of urea groups is 1. The Morgan fingerprint density at radius 3 is 2.28 bits per heavy atom. The average molecular weight is 527 g/mol. The van der Waals surface area contributed by atoms with Crippen molar-refractivity contribution in [2.24, 2.45) is 0 Å². The van der Waals surface area contributed by atoms with Crippen molar-refractivity contribution in [2.45, 2.75) is 13.5 Å². The molecule has 3 amide bonds. The predicted molar refractivity (Wildman–Crippen MR) is 149 cm³/mol. The average Bonchev–Trinajstić information content (AvgIpc) is 3.33. The molecule has 2 heterocycles. The van der Waals surface area contributed by atoms with Crippen molar-refractivity contribution in [3.63, 3.8) is 0 Å². The zero-order chi connectivity index (χ0) is 27.4. The van der Waals surface area contributed by atoms with E-state index >= 15 is 0 Å². The maximum Gasteiger partial charge on any atom is 0.317 e. The van der Waals surface area contributed by atoms with Crippen LogP contribution < -0.4 is 10.1 Å². The monoisotopic (exact) mass is 526 g/mol. The quantitative estimate of drug-likeness (QED) is 0.372. The fraction of sp³-hybridized carbons (Fsp3) is 0.226. The van der Waals surface area contributed by atoms with Crippen molar-refractivity contribution in [3.8, 4) is 22.7 Å². The first kappa shape index (κ1) is 26.0. The molecule has 0 saturated carbocycles. The molecular formula is C31H31FN4O3. The van der Waals surface area contributed by atoms with Gasteiger partial charge in [0.2, 0.25) is 0 Å². The van der Waals surface area contributed by atoms with Crippen LogP contribution in [0.25, 0.3) is 16.9 Å². The Kier molecular flexibility index (Phi) is 7.63. The van der Waals surface area contributed by atoms with Gasteiger partial charge in [-0.3, -0.25) is 4.79 Å². The number of carbonyl (C=O) groups excluding carboxylic acids is 2. The van der Waals surface area contributed by atoms with Crippen LogP contribution in [-0.4, -0.2) is 59.6 Å². The Labute approximate surface area is 227 Å². The molecule has 0 aliphatic carbocycles. The van der Waals surface area contributed by atoms with E-state index < -0.39 is 0 Å². The lowest BCUT2D eigenvalue weighted by molar-refractivity contribution is 0.0664. The van der Waals surface area contributed by atoms with E-state index in [-0.39, 0.29) is 17.8 Å². The van der Waals surface area contributed by atoms with E-state index in [0.717, 1.165) is 11.1 Å². The summed E-state index contributed by atoms with van der Waals surface area (Å²) < 4.78 is 22.2. The number of benzene rings is 3. The lowest BCUT2D eigenvalue weighted by Crippen LogP contribution is -2.53. The van der Waals surface area contributed by atoms with Crippen LogP contribution in [0.2, 0.25) is 0 Å². The second kappa shape index (κ2) is 11.4. The molecule has 1 N–H and O–H groups in total. The Hall–Kier alpha value is -4.59. The standard InChI is InChI=1S/C31H31FN4O3/c1-22-26(30(37)34-15-17-35(18-16-34)31(38)33-21-23-9-4-3-5-10-23)20-29(24-11-8-12-25(19-24)39-2)36(22)28-14-7-6-13-27(28)32/h3-14,19-20H,15-18,21H2,1-2H3,(H,33,38). The van der Waals surface area contributed by atoms with Gasteiger partial charge >= 0.3 is 6.03 Å². The fourth-order valence-electron chi connectivity index (χ4n) is 4.93. The molecule has 1 saturated heterocycles. The SMILES string of the molecule is COc1cccc(-c2cc(C(=O)N3CCN(C(=O)NCc4ccccc4)CC3)c(C)n2-c2ccccc2F)c1. The van der Waals surface area contributed by atoms with Crippen molar-refractivity contribution >= 4 is 11.9 Å². The van der Waals surface area contributed by atoms with Crippen LogP contribution in [0, 0.1) is 12.7 Å². The summed E-state index contributed by atoms with van der Waals surface area (Å²) in [5, 5.41) is 2.95. The largest absolute Gasteiger partial charge is 0.497 e. The van der Waals surface area contributed by atoms with Crippen LogP contribution >= 0.6 is 0 Å². The number of hydrogen-bond donors (Lipinski definition) is 1. The van der Waals surface area contributed by atoms with Crippen molar-refractivity contribution in [2.75, 3.05) is 33.3 Å². The molecule has 7 nitrogen and oxygen atoms in total. The highest BCUT2D eigenvalue weighted by Gasteiger charge is 2.28. The number of ether oxygens (including phenoxy) is 1. The van der Waals surface area contributed by atoms with E-state index in [4.69, 9.17) is 4.74 Å². The van der Waals surface area contributed by atoms with Gasteiger partial charge in [0, 0.05) is 44.0 Å². The summed E-state index contributed by atoms with van der Waals surface area (Å²) in [6.45, 7) is 3.97. The first-order chi connectivity index (χ1) is 19.0. The Bertz CT molecular complexity index is 1480. The summed E-state index contributed by atoms with van der Waals surface area (Å²) in [7, 11) is 1.59. The minimum Gasteiger partial charge on any atom is -0.497 e. The molecule has 4 aromatic rings. The zero-order valence-electron chi connectivity index (χ0n) is 22.1. The first-order valence-electron chi connectivity index (χ1n) is 12.9. The lowest BCUT2D eigenvalue weighted by Gasteiger charge is -2.34. The molecule has 0 atom stereocenters. The minimum atomic E-state index is -0.380. The number of aromatic nitrogens is 1. The summed E-state index contributed by atoms with van der Waals surface area (Å²) in [6.07, 6.45) is 0. The van der Waals surface area contributed by atoms with Crippen molar-refractivity contribution in [3.05, 3.63) is 108 Å². The molecule has 1 aliphatic rings. The molecule has 0 spiro atoms. The number of para-hydroxylation sites is 1. The normalized spacial score (nSPS) is 13.3. The summed E-state index contributed by atoms with van der Waals surface area (Å²) in [5.74, 6) is 0.145. The molecule has 39 heavy (non-hydrogen) atoms. The van der Waals surface area contributed by atoms with E-state index in [0.29, 0.717) is 61.1 Å². The third-order valence-electron chi connectivity index (χ3n) is 7.08. The number of nitrogens with one attached hydrogen (secondary N) is 1. The van der Waals surface area contributed by atoms with E-state index in [1.807, 2.05) is 67.6 Å². The van der Waals surface area contributed by atoms with Crippen LogP contribution in [0.4, 0.5) is 9.18 Å². The van der Waals surface area contributed by atoms with Crippen LogP contribution in [0.15, 0.2) is 84.9 Å². The van der Waals surface area contributed by atoms with Gasteiger partial charge in [-0.15, -0.1) is 0 Å². The van der Waals surface area contributed by atoms with Crippen molar-refractivity contribution in [1.29, 1.82) is 0 Å². The van der Waals surface area contributed by atoms with Gasteiger partial charge in [0.05, 0.1) is 24.1 Å². The smallest absolute Gasteiger partial charge is 0.317 e. The number of hydrogen-bond acceptors (Lipinski definition) is 3.